The second kappa shape index (κ2) is 9.55. The van der Waals surface area contributed by atoms with E-state index in [4.69, 9.17) is 0 Å². The first kappa shape index (κ1) is 24.1. The van der Waals surface area contributed by atoms with Gasteiger partial charge in [-0.05, 0) is 38.1 Å². The number of carbonyl (C=O) groups is 2. The SMILES string of the molecule is O=C1NC(=O)C(c2cn(CC(O)CN3CCCCC3)c3cc([N+](=O)[O-])ccc23)=C1c1c[nH]c2ccccc12. The van der Waals surface area contributed by atoms with Gasteiger partial charge in [-0.25, -0.2) is 0 Å². The maximum Gasteiger partial charge on any atom is 0.271 e. The predicted octanol–water partition coefficient (Wildman–Crippen LogP) is 3.44. The number of benzene rings is 2. The van der Waals surface area contributed by atoms with E-state index in [0.717, 1.165) is 36.8 Å². The number of aromatic nitrogens is 2. The number of hydrogen-bond donors (Lipinski definition) is 3. The lowest BCUT2D eigenvalue weighted by molar-refractivity contribution is -0.384. The predicted molar refractivity (Wildman–Crippen MR) is 143 cm³/mol. The number of nitro groups is 1. The van der Waals surface area contributed by atoms with Gasteiger partial charge in [-0.2, -0.15) is 0 Å². The van der Waals surface area contributed by atoms with Crippen LogP contribution in [0.1, 0.15) is 30.4 Å². The molecule has 38 heavy (non-hydrogen) atoms. The van der Waals surface area contributed by atoms with E-state index in [1.807, 2.05) is 24.3 Å². The molecule has 1 fully saturated rings. The van der Waals surface area contributed by atoms with Gasteiger partial charge in [0.05, 0.1) is 27.7 Å². The van der Waals surface area contributed by atoms with Crippen LogP contribution >= 0.6 is 0 Å². The van der Waals surface area contributed by atoms with E-state index in [-0.39, 0.29) is 23.4 Å². The summed E-state index contributed by atoms with van der Waals surface area (Å²) in [6.07, 6.45) is 6.11. The zero-order chi connectivity index (χ0) is 26.4. The minimum absolute atomic E-state index is 0.0910. The van der Waals surface area contributed by atoms with Crippen molar-refractivity contribution >= 4 is 50.5 Å². The van der Waals surface area contributed by atoms with Gasteiger partial charge in [-0.3, -0.25) is 25.0 Å². The molecule has 3 N–H and O–H groups in total. The number of nitro benzene ring substituents is 1. The molecule has 2 aliphatic heterocycles. The number of non-ortho nitro benzene ring substituents is 1. The Labute approximate surface area is 217 Å². The minimum Gasteiger partial charge on any atom is -0.390 e. The molecule has 1 atom stereocenters. The van der Waals surface area contributed by atoms with Crippen LogP contribution < -0.4 is 5.32 Å². The number of aromatic amines is 1. The Kier molecular flexibility index (Phi) is 6.05. The molecule has 4 aromatic rings. The van der Waals surface area contributed by atoms with Crippen LogP contribution in [0.2, 0.25) is 0 Å². The highest BCUT2D eigenvalue weighted by Gasteiger charge is 2.35. The van der Waals surface area contributed by atoms with Crippen molar-refractivity contribution in [1.82, 2.24) is 19.8 Å². The Morgan fingerprint density at radius 3 is 2.45 bits per heavy atom. The van der Waals surface area contributed by atoms with Crippen molar-refractivity contribution < 1.29 is 19.6 Å². The van der Waals surface area contributed by atoms with E-state index in [9.17, 15) is 24.8 Å². The molecule has 0 radical (unpaired) electrons. The summed E-state index contributed by atoms with van der Waals surface area (Å²) >= 11 is 0. The molecule has 0 spiro atoms. The lowest BCUT2D eigenvalue weighted by Crippen LogP contribution is -2.37. The quantitative estimate of drug-likeness (QED) is 0.197. The first-order chi connectivity index (χ1) is 18.4. The Balaban J connectivity index is 1.48. The normalized spacial score (nSPS) is 17.5. The van der Waals surface area contributed by atoms with Crippen molar-refractivity contribution in [2.45, 2.75) is 31.9 Å². The van der Waals surface area contributed by atoms with E-state index >= 15 is 0 Å². The standard InChI is InChI=1S/C28H27N5O5/c34-18(14-31-10-4-1-5-11-31)15-32-16-22(20-9-8-17(33(37)38)12-24(20)32)26-25(27(35)30-28(26)36)21-13-29-23-7-3-2-6-19(21)23/h2-3,6-9,12-13,16,18,29,34H,1,4-5,10-11,14-15H2,(H,30,35,36). The number of likely N-dealkylation sites (tertiary alicyclic amines) is 1. The topological polar surface area (TPSA) is 134 Å². The van der Waals surface area contributed by atoms with Crippen LogP contribution in [0.4, 0.5) is 5.69 Å². The fourth-order valence-corrected chi connectivity index (χ4v) is 5.72. The molecule has 10 heteroatoms. The summed E-state index contributed by atoms with van der Waals surface area (Å²) in [7, 11) is 0. The fraction of sp³-hybridized carbons (Fsp3) is 0.286. The van der Waals surface area contributed by atoms with Crippen LogP contribution in [0.25, 0.3) is 33.0 Å². The first-order valence-electron chi connectivity index (χ1n) is 12.7. The molecule has 0 bridgehead atoms. The van der Waals surface area contributed by atoms with Crippen LogP contribution in [0, 0.1) is 10.1 Å². The third-order valence-corrected chi connectivity index (χ3v) is 7.46. The highest BCUT2D eigenvalue weighted by atomic mass is 16.6. The van der Waals surface area contributed by atoms with Crippen molar-refractivity contribution in [2.75, 3.05) is 19.6 Å². The number of para-hydroxylation sites is 1. The molecule has 1 unspecified atom stereocenters. The van der Waals surface area contributed by atoms with Crippen molar-refractivity contribution in [3.8, 4) is 0 Å². The van der Waals surface area contributed by atoms with Gasteiger partial charge in [-0.1, -0.05) is 24.6 Å². The molecular formula is C28H27N5O5. The Bertz CT molecular complexity index is 1630. The van der Waals surface area contributed by atoms with E-state index in [2.05, 4.69) is 15.2 Å². The van der Waals surface area contributed by atoms with E-state index in [1.165, 1.54) is 18.6 Å². The number of β-amino-alcohol motifs (C(OH)–C–C–N with tert-alkyl or cyclic N) is 1. The van der Waals surface area contributed by atoms with E-state index in [0.29, 0.717) is 28.6 Å². The number of carbonyl (C=O) groups excluding carboxylic acids is 2. The number of amides is 2. The zero-order valence-electron chi connectivity index (χ0n) is 20.6. The summed E-state index contributed by atoms with van der Waals surface area (Å²) < 4.78 is 1.75. The molecular weight excluding hydrogens is 486 g/mol. The Morgan fingerprint density at radius 1 is 0.947 bits per heavy atom. The minimum atomic E-state index is -0.711. The average molecular weight is 514 g/mol. The summed E-state index contributed by atoms with van der Waals surface area (Å²) in [6.45, 7) is 2.55. The van der Waals surface area contributed by atoms with E-state index < -0.39 is 22.8 Å². The largest absolute Gasteiger partial charge is 0.390 e. The third kappa shape index (κ3) is 4.17. The summed E-state index contributed by atoms with van der Waals surface area (Å²) in [6, 6.07) is 12.0. The summed E-state index contributed by atoms with van der Waals surface area (Å²) in [5.41, 5.74) is 2.81. The van der Waals surface area contributed by atoms with Gasteiger partial charge >= 0.3 is 0 Å². The zero-order valence-corrected chi connectivity index (χ0v) is 20.6. The second-order valence-corrected chi connectivity index (χ2v) is 9.95. The lowest BCUT2D eigenvalue weighted by Gasteiger charge is -2.28. The fourth-order valence-electron chi connectivity index (χ4n) is 5.72. The molecule has 10 nitrogen and oxygen atoms in total. The van der Waals surface area contributed by atoms with Crippen LogP contribution in [0.5, 0.6) is 0 Å². The average Bonchev–Trinajstić information content (AvgIpc) is 3.57. The lowest BCUT2D eigenvalue weighted by atomic mass is 9.95. The van der Waals surface area contributed by atoms with E-state index in [1.54, 1.807) is 23.0 Å². The highest BCUT2D eigenvalue weighted by molar-refractivity contribution is 6.50. The van der Waals surface area contributed by atoms with Crippen LogP contribution in [-0.4, -0.2) is 62.0 Å². The summed E-state index contributed by atoms with van der Waals surface area (Å²) in [5, 5.41) is 26.3. The van der Waals surface area contributed by atoms with Gasteiger partial charge in [0.25, 0.3) is 17.5 Å². The summed E-state index contributed by atoms with van der Waals surface area (Å²) in [5.74, 6) is -1.02. The van der Waals surface area contributed by atoms with Crippen LogP contribution in [0.3, 0.4) is 0 Å². The number of nitrogens with zero attached hydrogens (tertiary/aromatic N) is 3. The molecule has 6 rings (SSSR count). The van der Waals surface area contributed by atoms with Gasteiger partial charge in [0.2, 0.25) is 0 Å². The Hall–Kier alpha value is -4.28. The molecule has 4 heterocycles. The molecule has 2 aromatic carbocycles. The van der Waals surface area contributed by atoms with Crippen molar-refractivity contribution in [1.29, 1.82) is 0 Å². The van der Waals surface area contributed by atoms with Crippen LogP contribution in [0.15, 0.2) is 54.9 Å². The molecule has 1 saturated heterocycles. The molecule has 0 saturated carbocycles. The van der Waals surface area contributed by atoms with Gasteiger partial charge in [0.15, 0.2) is 0 Å². The Morgan fingerprint density at radius 2 is 1.68 bits per heavy atom. The van der Waals surface area contributed by atoms with Gasteiger partial charge in [0.1, 0.15) is 0 Å². The number of H-pyrrole nitrogens is 1. The maximum atomic E-state index is 13.2. The molecule has 2 aromatic heterocycles. The number of hydrogen-bond acceptors (Lipinski definition) is 6. The van der Waals surface area contributed by atoms with Crippen molar-refractivity contribution in [2.24, 2.45) is 0 Å². The molecule has 194 valence electrons. The van der Waals surface area contributed by atoms with Crippen LogP contribution in [-0.2, 0) is 16.1 Å². The number of imide groups is 1. The first-order valence-corrected chi connectivity index (χ1v) is 12.7. The second-order valence-electron chi connectivity index (χ2n) is 9.95. The highest BCUT2D eigenvalue weighted by Crippen LogP contribution is 2.39. The van der Waals surface area contributed by atoms with Crippen molar-refractivity contribution in [3.05, 3.63) is 76.1 Å². The number of nitrogens with one attached hydrogen (secondary N) is 2. The number of fused-ring (bicyclic) bond motifs is 2. The van der Waals surface area contributed by atoms with Crippen molar-refractivity contribution in [3.63, 3.8) is 0 Å². The third-order valence-electron chi connectivity index (χ3n) is 7.46. The number of aliphatic hydroxyl groups excluding tert-OH is 1. The molecule has 2 aliphatic rings. The number of rotatable bonds is 7. The summed E-state index contributed by atoms with van der Waals surface area (Å²) in [4.78, 5) is 42.7. The van der Waals surface area contributed by atoms with Gasteiger partial charge < -0.3 is 19.6 Å². The molecule has 0 aliphatic carbocycles. The smallest absolute Gasteiger partial charge is 0.271 e. The number of piperidine rings is 1. The van der Waals surface area contributed by atoms with Gasteiger partial charge in [0, 0.05) is 65.0 Å². The molecule has 2 amide bonds. The monoisotopic (exact) mass is 513 g/mol. The number of aliphatic hydroxyl groups is 1. The maximum absolute atomic E-state index is 13.2. The van der Waals surface area contributed by atoms with Gasteiger partial charge in [-0.15, -0.1) is 0 Å².